The van der Waals surface area contributed by atoms with E-state index in [2.05, 4.69) is 14.7 Å². The summed E-state index contributed by atoms with van der Waals surface area (Å²) < 4.78 is 9.65. The first-order valence-electron chi connectivity index (χ1n) is 4.47. The van der Waals surface area contributed by atoms with Gasteiger partial charge in [0, 0.05) is 0 Å². The zero-order valence-electron chi connectivity index (χ0n) is 8.61. The summed E-state index contributed by atoms with van der Waals surface area (Å²) in [5.74, 6) is -0.419. The van der Waals surface area contributed by atoms with Crippen LogP contribution in [0.25, 0.3) is 11.5 Å². The van der Waals surface area contributed by atoms with E-state index < -0.39 is 5.97 Å². The predicted molar refractivity (Wildman–Crippen MR) is 61.1 cm³/mol. The largest absolute Gasteiger partial charge is 0.464 e. The van der Waals surface area contributed by atoms with Gasteiger partial charge >= 0.3 is 5.97 Å². The van der Waals surface area contributed by atoms with Gasteiger partial charge in [-0.15, -0.1) is 0 Å². The molecule has 17 heavy (non-hydrogen) atoms. The van der Waals surface area contributed by atoms with E-state index in [-0.39, 0.29) is 16.6 Å². The number of halogens is 2. The lowest BCUT2D eigenvalue weighted by atomic mass is 10.2. The van der Waals surface area contributed by atoms with Gasteiger partial charge in [-0.3, -0.25) is 0 Å². The number of hydrogen-bond acceptors (Lipinski definition) is 5. The third-order valence-electron chi connectivity index (χ3n) is 1.98. The molecule has 0 spiro atoms. The molecule has 0 saturated heterocycles. The maximum atomic E-state index is 11.4. The Morgan fingerprint density at radius 1 is 1.41 bits per heavy atom. The van der Waals surface area contributed by atoms with Gasteiger partial charge in [-0.2, -0.15) is 0 Å². The van der Waals surface area contributed by atoms with Crippen LogP contribution in [0.3, 0.4) is 0 Å². The van der Waals surface area contributed by atoms with Crippen LogP contribution in [-0.4, -0.2) is 23.0 Å². The van der Waals surface area contributed by atoms with Gasteiger partial charge in [0.2, 0.25) is 0 Å². The van der Waals surface area contributed by atoms with E-state index >= 15 is 0 Å². The third kappa shape index (κ3) is 2.25. The van der Waals surface area contributed by atoms with Crippen LogP contribution in [0.2, 0.25) is 10.2 Å². The van der Waals surface area contributed by atoms with Crippen LogP contribution >= 0.6 is 23.2 Å². The average molecular weight is 273 g/mol. The van der Waals surface area contributed by atoms with E-state index in [9.17, 15) is 4.79 Å². The highest BCUT2D eigenvalue weighted by Gasteiger charge is 2.20. The number of aromatic nitrogens is 2. The summed E-state index contributed by atoms with van der Waals surface area (Å²) in [7, 11) is 1.25. The number of methoxy groups -OCH3 is 1. The van der Waals surface area contributed by atoms with Gasteiger partial charge in [0.25, 0.3) is 0 Å². The highest BCUT2D eigenvalue weighted by molar-refractivity contribution is 6.41. The minimum atomic E-state index is -0.610. The molecule has 2 aromatic heterocycles. The second-order valence-electron chi connectivity index (χ2n) is 2.99. The number of pyridine rings is 1. The first-order valence-corrected chi connectivity index (χ1v) is 5.23. The molecule has 0 atom stereocenters. The highest BCUT2D eigenvalue weighted by atomic mass is 35.5. The number of nitrogens with zero attached hydrogens (tertiary/aromatic N) is 2. The summed E-state index contributed by atoms with van der Waals surface area (Å²) in [5.41, 5.74) is 0.399. The van der Waals surface area contributed by atoms with E-state index in [0.29, 0.717) is 10.7 Å². The molecule has 0 aliphatic heterocycles. The molecule has 0 aliphatic rings. The molecule has 88 valence electrons. The quantitative estimate of drug-likeness (QED) is 0.621. The maximum Gasteiger partial charge on any atom is 0.360 e. The van der Waals surface area contributed by atoms with Crippen LogP contribution in [0.5, 0.6) is 0 Å². The molecule has 0 saturated carbocycles. The lowest BCUT2D eigenvalue weighted by molar-refractivity contribution is 0.0595. The fraction of sp³-hybridized carbons (Fsp3) is 0.100. The Balaban J connectivity index is 2.50. The lowest BCUT2D eigenvalue weighted by Gasteiger charge is -2.00. The molecule has 0 radical (unpaired) electrons. The second-order valence-corrected chi connectivity index (χ2v) is 3.76. The Morgan fingerprint density at radius 2 is 2.18 bits per heavy atom. The third-order valence-corrected chi connectivity index (χ3v) is 2.67. The Morgan fingerprint density at radius 3 is 2.82 bits per heavy atom. The highest BCUT2D eigenvalue weighted by Crippen LogP contribution is 2.26. The van der Waals surface area contributed by atoms with E-state index in [4.69, 9.17) is 27.6 Å². The molecule has 7 heteroatoms. The van der Waals surface area contributed by atoms with Gasteiger partial charge in [0.15, 0.2) is 17.8 Å². The number of esters is 1. The van der Waals surface area contributed by atoms with Crippen molar-refractivity contribution in [1.82, 2.24) is 9.97 Å². The zero-order valence-corrected chi connectivity index (χ0v) is 10.1. The van der Waals surface area contributed by atoms with Crippen LogP contribution in [0.1, 0.15) is 10.5 Å². The van der Waals surface area contributed by atoms with Crippen molar-refractivity contribution in [1.29, 1.82) is 0 Å². The summed E-state index contributed by atoms with van der Waals surface area (Å²) in [6, 6.07) is 3.12. The number of ether oxygens (including phenoxy) is 1. The summed E-state index contributed by atoms with van der Waals surface area (Å²) in [6.07, 6.45) is 1.13. The average Bonchev–Trinajstić information content (AvgIpc) is 2.80. The smallest absolute Gasteiger partial charge is 0.360 e. The molecule has 0 amide bonds. The standard InChI is InChI=1S/C10H6Cl2N2O3/c1-16-10(15)7-8(17-4-13-7)6-3-2-5(11)9(12)14-6/h2-4H,1H3. The van der Waals surface area contributed by atoms with E-state index in [1.807, 2.05) is 0 Å². The number of carbonyl (C=O) groups excluding carboxylic acids is 1. The minimum absolute atomic E-state index is 0.0402. The summed E-state index contributed by atoms with van der Waals surface area (Å²) in [6.45, 7) is 0. The molecule has 2 heterocycles. The molecule has 5 nitrogen and oxygen atoms in total. The van der Waals surface area contributed by atoms with Crippen LogP contribution < -0.4 is 0 Å². The van der Waals surface area contributed by atoms with Crippen molar-refractivity contribution < 1.29 is 13.9 Å². The second kappa shape index (κ2) is 4.73. The first kappa shape index (κ1) is 11.9. The normalized spacial score (nSPS) is 10.3. The van der Waals surface area contributed by atoms with E-state index in [1.165, 1.54) is 7.11 Å². The van der Waals surface area contributed by atoms with Gasteiger partial charge in [-0.05, 0) is 12.1 Å². The van der Waals surface area contributed by atoms with Crippen molar-refractivity contribution in [3.63, 3.8) is 0 Å². The van der Waals surface area contributed by atoms with Crippen molar-refractivity contribution in [3.05, 3.63) is 34.4 Å². The van der Waals surface area contributed by atoms with Gasteiger partial charge in [-0.25, -0.2) is 14.8 Å². The minimum Gasteiger partial charge on any atom is -0.464 e. The molecule has 0 fully saturated rings. The number of hydrogen-bond donors (Lipinski definition) is 0. The molecular formula is C10H6Cl2N2O3. The van der Waals surface area contributed by atoms with Gasteiger partial charge < -0.3 is 9.15 Å². The molecule has 2 aromatic rings. The maximum absolute atomic E-state index is 11.4. The Bertz CT molecular complexity index is 568. The monoisotopic (exact) mass is 272 g/mol. The Labute approximate surface area is 106 Å². The lowest BCUT2D eigenvalue weighted by Crippen LogP contribution is -2.03. The van der Waals surface area contributed by atoms with Crippen molar-refractivity contribution in [2.24, 2.45) is 0 Å². The van der Waals surface area contributed by atoms with Crippen molar-refractivity contribution in [2.45, 2.75) is 0 Å². The molecule has 2 rings (SSSR count). The van der Waals surface area contributed by atoms with Crippen molar-refractivity contribution >= 4 is 29.2 Å². The fourth-order valence-corrected chi connectivity index (χ4v) is 1.47. The molecule has 0 unspecified atom stereocenters. The topological polar surface area (TPSA) is 65.2 Å². The van der Waals surface area contributed by atoms with Crippen LogP contribution in [0.4, 0.5) is 0 Å². The molecule has 0 aromatic carbocycles. The SMILES string of the molecule is COC(=O)c1ncoc1-c1ccc(Cl)c(Cl)n1. The van der Waals surface area contributed by atoms with Crippen LogP contribution in [-0.2, 0) is 4.74 Å². The molecule has 0 N–H and O–H groups in total. The molecular weight excluding hydrogens is 267 g/mol. The fourth-order valence-electron chi connectivity index (χ4n) is 1.21. The number of rotatable bonds is 2. The van der Waals surface area contributed by atoms with E-state index in [1.54, 1.807) is 12.1 Å². The number of carbonyl (C=O) groups is 1. The van der Waals surface area contributed by atoms with Crippen LogP contribution in [0, 0.1) is 0 Å². The summed E-state index contributed by atoms with van der Waals surface area (Å²) in [4.78, 5) is 19.1. The Hall–Kier alpha value is -1.59. The summed E-state index contributed by atoms with van der Waals surface area (Å²) >= 11 is 11.5. The summed E-state index contributed by atoms with van der Waals surface area (Å²) in [5, 5.41) is 0.436. The predicted octanol–water partition coefficient (Wildman–Crippen LogP) is 2.83. The van der Waals surface area contributed by atoms with Gasteiger partial charge in [-0.1, -0.05) is 23.2 Å². The Kier molecular flexibility index (Phi) is 3.31. The molecule has 0 aliphatic carbocycles. The van der Waals surface area contributed by atoms with E-state index in [0.717, 1.165) is 6.39 Å². The van der Waals surface area contributed by atoms with Gasteiger partial charge in [0.1, 0.15) is 10.8 Å². The zero-order chi connectivity index (χ0) is 12.4. The number of oxazole rings is 1. The van der Waals surface area contributed by atoms with Gasteiger partial charge in [0.05, 0.1) is 12.1 Å². The van der Waals surface area contributed by atoms with Crippen LogP contribution in [0.15, 0.2) is 22.9 Å². The van der Waals surface area contributed by atoms with Crippen molar-refractivity contribution in [2.75, 3.05) is 7.11 Å². The first-order chi connectivity index (χ1) is 8.13. The molecule has 0 bridgehead atoms. The van der Waals surface area contributed by atoms with Crippen molar-refractivity contribution in [3.8, 4) is 11.5 Å².